The van der Waals surface area contributed by atoms with Gasteiger partial charge in [-0.2, -0.15) is 0 Å². The van der Waals surface area contributed by atoms with Crippen LogP contribution in [0.5, 0.6) is 5.75 Å². The molecular weight excluding hydrogens is 200 g/mol. The fourth-order valence-electron chi connectivity index (χ4n) is 2.41. The molecule has 1 heterocycles. The first kappa shape index (κ1) is 10.1. The van der Waals surface area contributed by atoms with Crippen LogP contribution in [-0.2, 0) is 6.54 Å². The van der Waals surface area contributed by atoms with Crippen LogP contribution in [0.2, 0.25) is 0 Å². The van der Waals surface area contributed by atoms with Gasteiger partial charge in [-0.25, -0.2) is 0 Å². The lowest BCUT2D eigenvalue weighted by Crippen LogP contribution is -2.35. The Labute approximate surface area is 95.9 Å². The number of rotatable bonds is 3. The first-order chi connectivity index (χ1) is 7.83. The van der Waals surface area contributed by atoms with Gasteiger partial charge in [-0.05, 0) is 36.1 Å². The number of phenolic OH excluding ortho intramolecular Hbond substituents is 1. The molecule has 1 aromatic rings. The summed E-state index contributed by atoms with van der Waals surface area (Å²) in [5.41, 5.74) is 2.64. The second-order valence-corrected chi connectivity index (χ2v) is 4.89. The van der Waals surface area contributed by atoms with Gasteiger partial charge in [0.05, 0.1) is 0 Å². The van der Waals surface area contributed by atoms with E-state index >= 15 is 0 Å². The van der Waals surface area contributed by atoms with E-state index in [1.54, 1.807) is 6.07 Å². The third-order valence-corrected chi connectivity index (χ3v) is 3.50. The van der Waals surface area contributed by atoms with Crippen molar-refractivity contribution in [1.29, 1.82) is 0 Å². The zero-order valence-electron chi connectivity index (χ0n) is 9.37. The fraction of sp³-hybridized carbons (Fsp3) is 0.538. The van der Waals surface area contributed by atoms with Crippen LogP contribution in [0.15, 0.2) is 18.2 Å². The maximum Gasteiger partial charge on any atom is 0.115 e. The second-order valence-electron chi connectivity index (χ2n) is 4.89. The molecule has 0 aromatic heterocycles. The predicted molar refractivity (Wildman–Crippen MR) is 63.6 cm³/mol. The van der Waals surface area contributed by atoms with Gasteiger partial charge in [0.1, 0.15) is 5.75 Å². The average Bonchev–Trinajstić information content (AvgIpc) is 3.09. The molecule has 3 nitrogen and oxygen atoms in total. The highest BCUT2D eigenvalue weighted by Gasteiger charge is 2.24. The van der Waals surface area contributed by atoms with E-state index in [9.17, 15) is 5.11 Å². The lowest BCUT2D eigenvalue weighted by atomic mass is 9.90. The third kappa shape index (κ3) is 2.06. The molecule has 1 fully saturated rings. The molecule has 0 saturated heterocycles. The molecule has 3 heteroatoms. The number of hydrogen-bond donors (Lipinski definition) is 3. The van der Waals surface area contributed by atoms with Gasteiger partial charge in [0.15, 0.2) is 0 Å². The molecule has 0 spiro atoms. The van der Waals surface area contributed by atoms with Crippen molar-refractivity contribution in [2.45, 2.75) is 31.3 Å². The van der Waals surface area contributed by atoms with Crippen LogP contribution in [0.25, 0.3) is 0 Å². The Bertz CT molecular complexity index is 388. The first-order valence-corrected chi connectivity index (χ1v) is 6.09. The molecule has 3 N–H and O–H groups in total. The lowest BCUT2D eigenvalue weighted by Gasteiger charge is -2.26. The molecule has 16 heavy (non-hydrogen) atoms. The van der Waals surface area contributed by atoms with Gasteiger partial charge >= 0.3 is 0 Å². The van der Waals surface area contributed by atoms with E-state index in [4.69, 9.17) is 0 Å². The summed E-state index contributed by atoms with van der Waals surface area (Å²) in [5.74, 6) is 0.918. The zero-order valence-corrected chi connectivity index (χ0v) is 9.37. The normalized spacial score (nSPS) is 24.1. The summed E-state index contributed by atoms with van der Waals surface area (Å²) in [4.78, 5) is 0. The van der Waals surface area contributed by atoms with Crippen molar-refractivity contribution in [1.82, 2.24) is 10.6 Å². The largest absolute Gasteiger partial charge is 0.508 e. The molecule has 2 aliphatic rings. The number of hydrogen-bond acceptors (Lipinski definition) is 3. The monoisotopic (exact) mass is 218 g/mol. The van der Waals surface area contributed by atoms with E-state index in [2.05, 4.69) is 16.7 Å². The van der Waals surface area contributed by atoms with Crippen molar-refractivity contribution in [2.24, 2.45) is 0 Å². The third-order valence-electron chi connectivity index (χ3n) is 3.50. The molecule has 1 aromatic carbocycles. The summed E-state index contributed by atoms with van der Waals surface area (Å²) in [6.45, 7) is 2.97. The van der Waals surface area contributed by atoms with Crippen LogP contribution >= 0.6 is 0 Å². The predicted octanol–water partition coefficient (Wildman–Crippen LogP) is 1.33. The molecule has 1 unspecified atom stereocenters. The van der Waals surface area contributed by atoms with Crippen LogP contribution in [-0.4, -0.2) is 24.2 Å². The Hall–Kier alpha value is -1.06. The minimum Gasteiger partial charge on any atom is -0.508 e. The van der Waals surface area contributed by atoms with E-state index in [0.717, 1.165) is 25.7 Å². The van der Waals surface area contributed by atoms with Crippen molar-refractivity contribution in [3.8, 4) is 5.75 Å². The number of benzene rings is 1. The van der Waals surface area contributed by atoms with Crippen molar-refractivity contribution in [3.63, 3.8) is 0 Å². The molecular formula is C13H18N2O. The fourth-order valence-corrected chi connectivity index (χ4v) is 2.41. The maximum atomic E-state index is 9.46. The average molecular weight is 218 g/mol. The van der Waals surface area contributed by atoms with Gasteiger partial charge < -0.3 is 15.7 Å². The Morgan fingerprint density at radius 3 is 3.06 bits per heavy atom. The lowest BCUT2D eigenvalue weighted by molar-refractivity contribution is 0.466. The van der Waals surface area contributed by atoms with Crippen molar-refractivity contribution in [3.05, 3.63) is 29.3 Å². The molecule has 86 valence electrons. The smallest absolute Gasteiger partial charge is 0.115 e. The molecule has 3 rings (SSSR count). The highest BCUT2D eigenvalue weighted by Crippen LogP contribution is 2.27. The zero-order chi connectivity index (χ0) is 11.0. The minimum absolute atomic E-state index is 0.372. The minimum atomic E-state index is 0.372. The van der Waals surface area contributed by atoms with Gasteiger partial charge in [-0.1, -0.05) is 6.07 Å². The summed E-state index contributed by atoms with van der Waals surface area (Å²) in [6.07, 6.45) is 2.67. The van der Waals surface area contributed by atoms with Gasteiger partial charge in [-0.15, -0.1) is 0 Å². The highest BCUT2D eigenvalue weighted by molar-refractivity contribution is 5.38. The summed E-state index contributed by atoms with van der Waals surface area (Å²) >= 11 is 0. The summed E-state index contributed by atoms with van der Waals surface area (Å²) in [7, 11) is 0. The van der Waals surface area contributed by atoms with E-state index in [1.165, 1.54) is 24.0 Å². The van der Waals surface area contributed by atoms with Crippen LogP contribution in [0.1, 0.15) is 29.9 Å². The van der Waals surface area contributed by atoms with Crippen LogP contribution in [0.4, 0.5) is 0 Å². The molecule has 1 aliphatic carbocycles. The first-order valence-electron chi connectivity index (χ1n) is 6.09. The topological polar surface area (TPSA) is 44.3 Å². The molecule has 0 amide bonds. The van der Waals surface area contributed by atoms with Crippen LogP contribution in [0.3, 0.4) is 0 Å². The van der Waals surface area contributed by atoms with Crippen molar-refractivity contribution < 1.29 is 5.11 Å². The Kier molecular flexibility index (Phi) is 2.58. The van der Waals surface area contributed by atoms with E-state index in [0.29, 0.717) is 11.7 Å². The summed E-state index contributed by atoms with van der Waals surface area (Å²) in [6, 6.07) is 6.52. The Morgan fingerprint density at radius 2 is 2.25 bits per heavy atom. The van der Waals surface area contributed by atoms with Gasteiger partial charge in [0.25, 0.3) is 0 Å². The quantitative estimate of drug-likeness (QED) is 0.717. The van der Waals surface area contributed by atoms with Crippen LogP contribution in [0, 0.1) is 0 Å². The maximum absolute atomic E-state index is 9.46. The van der Waals surface area contributed by atoms with E-state index in [1.807, 2.05) is 6.07 Å². The molecule has 0 radical (unpaired) electrons. The van der Waals surface area contributed by atoms with Crippen molar-refractivity contribution in [2.75, 3.05) is 13.1 Å². The summed E-state index contributed by atoms with van der Waals surface area (Å²) in [5, 5.41) is 16.4. The van der Waals surface area contributed by atoms with E-state index in [-0.39, 0.29) is 0 Å². The molecule has 1 saturated carbocycles. The number of phenols is 1. The van der Waals surface area contributed by atoms with Crippen molar-refractivity contribution >= 4 is 0 Å². The number of aromatic hydroxyl groups is 1. The van der Waals surface area contributed by atoms with Gasteiger partial charge in [0.2, 0.25) is 0 Å². The molecule has 1 atom stereocenters. The second kappa shape index (κ2) is 4.07. The number of fused-ring (bicyclic) bond motifs is 1. The standard InChI is InChI=1S/C13H18N2O/c16-12-3-4-13-9(5-12)6-14-7-10(13)8-15-11-1-2-11/h3-5,10-11,14-16H,1-2,6-8H2. The SMILES string of the molecule is Oc1ccc2c(c1)CNCC2CNC1CC1. The van der Waals surface area contributed by atoms with Gasteiger partial charge in [-0.3, -0.25) is 0 Å². The highest BCUT2D eigenvalue weighted by atomic mass is 16.3. The summed E-state index contributed by atoms with van der Waals surface area (Å²) < 4.78 is 0. The molecule has 0 bridgehead atoms. The Balaban J connectivity index is 1.76. The van der Waals surface area contributed by atoms with E-state index < -0.39 is 0 Å². The molecule has 1 aliphatic heterocycles. The van der Waals surface area contributed by atoms with Gasteiger partial charge in [0, 0.05) is 31.6 Å². The number of nitrogens with one attached hydrogen (secondary N) is 2. The van der Waals surface area contributed by atoms with Crippen LogP contribution < -0.4 is 10.6 Å². The Morgan fingerprint density at radius 1 is 1.38 bits per heavy atom.